The van der Waals surface area contributed by atoms with E-state index in [1.165, 1.54) is 12.1 Å². The topological polar surface area (TPSA) is 38.5 Å². The summed E-state index contributed by atoms with van der Waals surface area (Å²) in [5, 5.41) is 0. The number of thiocarbonyl (C=S) groups is 1. The molecule has 1 aliphatic heterocycles. The molecule has 1 saturated heterocycles. The molecule has 0 spiro atoms. The fourth-order valence-electron chi connectivity index (χ4n) is 2.86. The number of rotatable bonds is 3. The second-order valence-electron chi connectivity index (χ2n) is 6.02. The molecule has 0 radical (unpaired) electrons. The van der Waals surface area contributed by atoms with Crippen molar-refractivity contribution in [1.29, 1.82) is 0 Å². The largest absolute Gasteiger partial charge is 0.389 e. The molecular weight excluding hydrogens is 275 g/mol. The van der Waals surface area contributed by atoms with Crippen molar-refractivity contribution >= 4 is 17.2 Å². The van der Waals surface area contributed by atoms with Crippen LogP contribution >= 0.6 is 12.2 Å². The molecule has 0 amide bonds. The quantitative estimate of drug-likeness (QED) is 0.870. The van der Waals surface area contributed by atoms with Crippen LogP contribution < -0.4 is 5.73 Å². The minimum Gasteiger partial charge on any atom is -0.389 e. The molecule has 1 aromatic carbocycles. The number of nitrogens with two attached hydrogens (primary N) is 1. The van der Waals surface area contributed by atoms with Crippen LogP contribution in [0.1, 0.15) is 31.9 Å². The third-order valence-electron chi connectivity index (χ3n) is 3.37. The summed E-state index contributed by atoms with van der Waals surface area (Å²) in [6, 6.07) is 4.62. The molecule has 5 heteroatoms. The van der Waals surface area contributed by atoms with Crippen molar-refractivity contribution < 1.29 is 9.13 Å². The Morgan fingerprint density at radius 3 is 2.85 bits per heavy atom. The van der Waals surface area contributed by atoms with Crippen molar-refractivity contribution in [1.82, 2.24) is 4.90 Å². The van der Waals surface area contributed by atoms with Gasteiger partial charge in [0.1, 0.15) is 10.8 Å². The van der Waals surface area contributed by atoms with Crippen molar-refractivity contribution in [3.63, 3.8) is 0 Å². The van der Waals surface area contributed by atoms with Crippen molar-refractivity contribution in [3.8, 4) is 0 Å². The first-order valence-electron chi connectivity index (χ1n) is 6.75. The van der Waals surface area contributed by atoms with E-state index in [0.717, 1.165) is 18.7 Å². The van der Waals surface area contributed by atoms with Gasteiger partial charge in [0.05, 0.1) is 11.7 Å². The summed E-state index contributed by atoms with van der Waals surface area (Å²) in [7, 11) is 0. The lowest BCUT2D eigenvalue weighted by Crippen LogP contribution is -2.51. The summed E-state index contributed by atoms with van der Waals surface area (Å²) >= 11 is 5.01. The molecule has 0 aliphatic carbocycles. The molecule has 1 aromatic rings. The molecule has 0 aromatic heterocycles. The van der Waals surface area contributed by atoms with Crippen LogP contribution in [0.3, 0.4) is 0 Å². The summed E-state index contributed by atoms with van der Waals surface area (Å²) in [6.07, 6.45) is 0.174. The summed E-state index contributed by atoms with van der Waals surface area (Å²) in [4.78, 5) is 2.53. The first-order chi connectivity index (χ1) is 9.27. The van der Waals surface area contributed by atoms with Gasteiger partial charge in [0.2, 0.25) is 0 Å². The van der Waals surface area contributed by atoms with Gasteiger partial charge in [-0.1, -0.05) is 18.3 Å². The third kappa shape index (κ3) is 3.75. The average Bonchev–Trinajstić information content (AvgIpc) is 2.28. The van der Waals surface area contributed by atoms with Gasteiger partial charge in [-0.2, -0.15) is 0 Å². The third-order valence-corrected chi connectivity index (χ3v) is 3.59. The molecule has 2 N–H and O–H groups in total. The van der Waals surface area contributed by atoms with Gasteiger partial charge in [0, 0.05) is 25.2 Å². The van der Waals surface area contributed by atoms with Gasteiger partial charge in [-0.15, -0.1) is 0 Å². The van der Waals surface area contributed by atoms with E-state index in [1.54, 1.807) is 6.07 Å². The zero-order valence-electron chi connectivity index (χ0n) is 12.1. The van der Waals surface area contributed by atoms with E-state index in [-0.39, 0.29) is 22.5 Å². The second-order valence-corrected chi connectivity index (χ2v) is 6.46. The van der Waals surface area contributed by atoms with Crippen molar-refractivity contribution in [2.75, 3.05) is 13.1 Å². The van der Waals surface area contributed by atoms with E-state index in [2.05, 4.69) is 25.7 Å². The lowest BCUT2D eigenvalue weighted by Gasteiger charge is -2.42. The summed E-state index contributed by atoms with van der Waals surface area (Å²) < 4.78 is 19.2. The van der Waals surface area contributed by atoms with Gasteiger partial charge >= 0.3 is 0 Å². The highest BCUT2D eigenvalue weighted by Crippen LogP contribution is 2.23. The lowest BCUT2D eigenvalue weighted by atomic mass is 10.0. The average molecular weight is 296 g/mol. The highest BCUT2D eigenvalue weighted by atomic mass is 32.1. The first-order valence-corrected chi connectivity index (χ1v) is 7.16. The van der Waals surface area contributed by atoms with Gasteiger partial charge in [0.25, 0.3) is 0 Å². The molecule has 1 unspecified atom stereocenters. The van der Waals surface area contributed by atoms with Crippen LogP contribution in [0.2, 0.25) is 0 Å². The molecule has 1 heterocycles. The van der Waals surface area contributed by atoms with E-state index >= 15 is 0 Å². The monoisotopic (exact) mass is 296 g/mol. The fourth-order valence-corrected chi connectivity index (χ4v) is 3.05. The van der Waals surface area contributed by atoms with Gasteiger partial charge in [-0.05, 0) is 38.5 Å². The number of hydrogen-bond donors (Lipinski definition) is 1. The van der Waals surface area contributed by atoms with Crippen LogP contribution in [0, 0.1) is 5.82 Å². The van der Waals surface area contributed by atoms with Crippen LogP contribution in [0.25, 0.3) is 0 Å². The van der Waals surface area contributed by atoms with E-state index in [4.69, 9.17) is 22.7 Å². The van der Waals surface area contributed by atoms with E-state index in [9.17, 15) is 4.39 Å². The van der Waals surface area contributed by atoms with Gasteiger partial charge in [-0.3, -0.25) is 4.90 Å². The smallest absolute Gasteiger partial charge is 0.123 e. The molecule has 0 saturated carbocycles. The molecule has 1 fully saturated rings. The summed E-state index contributed by atoms with van der Waals surface area (Å²) in [6.45, 7) is 8.59. The molecule has 2 rings (SSSR count). The lowest BCUT2D eigenvalue weighted by molar-refractivity contribution is -0.130. The first kappa shape index (κ1) is 15.4. The number of hydrogen-bond acceptors (Lipinski definition) is 3. The number of morpholine rings is 1. The van der Waals surface area contributed by atoms with E-state index < -0.39 is 0 Å². The zero-order valence-corrected chi connectivity index (χ0v) is 13.0. The summed E-state index contributed by atoms with van der Waals surface area (Å²) in [5.74, 6) is -0.313. The molecule has 1 aliphatic rings. The van der Waals surface area contributed by atoms with Crippen LogP contribution in [0.4, 0.5) is 4.39 Å². The number of benzene rings is 1. The van der Waals surface area contributed by atoms with Crippen LogP contribution in [0.15, 0.2) is 18.2 Å². The fraction of sp³-hybridized carbons (Fsp3) is 0.533. The Balaban J connectivity index is 2.19. The molecule has 110 valence electrons. The maximum Gasteiger partial charge on any atom is 0.123 e. The Bertz CT molecular complexity index is 519. The second kappa shape index (κ2) is 5.76. The SMILES string of the molecule is CC1CN(Cc2ccc(F)cc2C(N)=S)CC(C)(C)O1. The Morgan fingerprint density at radius 1 is 1.55 bits per heavy atom. The standard InChI is InChI=1S/C15H21FN2OS/c1-10-7-18(9-15(2,3)19-10)8-11-4-5-12(16)6-13(11)14(17)20/h4-6,10H,7-9H2,1-3H3,(H2,17,20). The van der Waals surface area contributed by atoms with E-state index in [0.29, 0.717) is 12.1 Å². The van der Waals surface area contributed by atoms with Crippen LogP contribution in [-0.2, 0) is 11.3 Å². The highest BCUT2D eigenvalue weighted by Gasteiger charge is 2.31. The maximum atomic E-state index is 13.3. The number of ether oxygens (including phenoxy) is 1. The zero-order chi connectivity index (χ0) is 14.9. The highest BCUT2D eigenvalue weighted by molar-refractivity contribution is 7.80. The Morgan fingerprint density at radius 2 is 2.25 bits per heavy atom. The number of halogens is 1. The van der Waals surface area contributed by atoms with Crippen molar-refractivity contribution in [2.24, 2.45) is 5.73 Å². The Kier molecular flexibility index (Phi) is 4.42. The van der Waals surface area contributed by atoms with Crippen LogP contribution in [-0.4, -0.2) is 34.7 Å². The Labute approximate surface area is 124 Å². The molecule has 3 nitrogen and oxygen atoms in total. The normalized spacial score (nSPS) is 22.7. The molecule has 1 atom stereocenters. The predicted octanol–water partition coefficient (Wildman–Crippen LogP) is 2.46. The predicted molar refractivity (Wildman–Crippen MR) is 82.2 cm³/mol. The minimum atomic E-state index is -0.313. The molecule has 20 heavy (non-hydrogen) atoms. The van der Waals surface area contributed by atoms with Crippen molar-refractivity contribution in [2.45, 2.75) is 39.0 Å². The van der Waals surface area contributed by atoms with Crippen molar-refractivity contribution in [3.05, 3.63) is 35.1 Å². The minimum absolute atomic E-state index is 0.174. The van der Waals surface area contributed by atoms with E-state index in [1.807, 2.05) is 0 Å². The van der Waals surface area contributed by atoms with Gasteiger partial charge < -0.3 is 10.5 Å². The van der Waals surface area contributed by atoms with Crippen LogP contribution in [0.5, 0.6) is 0 Å². The maximum absolute atomic E-state index is 13.3. The van der Waals surface area contributed by atoms with Gasteiger partial charge in [0.15, 0.2) is 0 Å². The summed E-state index contributed by atoms with van der Waals surface area (Å²) in [5.41, 5.74) is 7.10. The number of nitrogens with zero attached hydrogens (tertiary/aromatic N) is 1. The van der Waals surface area contributed by atoms with Gasteiger partial charge in [-0.25, -0.2) is 4.39 Å². The molecule has 0 bridgehead atoms. The Hall–Kier alpha value is -1.04. The molecular formula is C15H21FN2OS.